The van der Waals surface area contributed by atoms with Crippen molar-refractivity contribution in [2.24, 2.45) is 0 Å². The summed E-state index contributed by atoms with van der Waals surface area (Å²) in [5.41, 5.74) is -2.63. The smallest absolute Gasteiger partial charge is 0.416 e. The highest BCUT2D eigenvalue weighted by Gasteiger charge is 2.31. The molecule has 0 saturated heterocycles. The highest BCUT2D eigenvalue weighted by molar-refractivity contribution is 14.1. The van der Waals surface area contributed by atoms with E-state index in [0.29, 0.717) is 9.64 Å². The lowest BCUT2D eigenvalue weighted by molar-refractivity contribution is -0.385. The molecule has 0 fully saturated rings. The summed E-state index contributed by atoms with van der Waals surface area (Å²) < 4.78 is 84.6. The van der Waals surface area contributed by atoms with Gasteiger partial charge in [0.2, 0.25) is 5.95 Å². The second-order valence-corrected chi connectivity index (χ2v) is 13.6. The van der Waals surface area contributed by atoms with Crippen molar-refractivity contribution in [3.8, 4) is 17.5 Å². The average Bonchev–Trinajstić information content (AvgIpc) is 3.10. The fourth-order valence-corrected chi connectivity index (χ4v) is 6.05. The minimum atomic E-state index is -4.61. The van der Waals surface area contributed by atoms with E-state index < -0.39 is 78.9 Å². The Morgan fingerprint density at radius 2 is 1.70 bits per heavy atom. The molecule has 298 valence electrons. The van der Waals surface area contributed by atoms with Gasteiger partial charge in [-0.15, -0.1) is 0 Å². The molecule has 0 atom stereocenters. The molecule has 1 heterocycles. The van der Waals surface area contributed by atoms with E-state index in [-0.39, 0.29) is 40.9 Å². The monoisotopic (exact) mass is 940 g/mol. The van der Waals surface area contributed by atoms with E-state index in [2.05, 4.69) is 25.0 Å². The molecule has 3 N–H and O–H groups in total. The predicted octanol–water partition coefficient (Wildman–Crippen LogP) is 5.78. The van der Waals surface area contributed by atoms with Crippen LogP contribution in [0.15, 0.2) is 59.5 Å². The number of hydrogen-bond acceptors (Lipinski definition) is 15. The summed E-state index contributed by atoms with van der Waals surface area (Å²) in [6.07, 6.45) is -4.61. The standard InChI is InChI=1S/C18H13ClF3NO7.C13H12IN5O6S/c1-2-28-16(24)9-29-17(25)12-8-11(4-5-14(12)23(26)27)30-15-6-3-10(7-13(15)19)18(20,21)22;1-6-15-11(18-13(16-6)25-2)17-12(22)19-26(23,24)9-5-7(14)3-4-8(9)10(20)21/h3-8H,2,9H2,1H3;3-5H,1-2H3,(H,20,21)(H2,15,16,17,18,19,22). The van der Waals surface area contributed by atoms with E-state index in [1.165, 1.54) is 27.0 Å². The zero-order valence-corrected chi connectivity index (χ0v) is 32.3. The van der Waals surface area contributed by atoms with Crippen LogP contribution in [-0.4, -0.2) is 77.7 Å². The van der Waals surface area contributed by atoms with Crippen molar-refractivity contribution in [3.63, 3.8) is 0 Å². The molecule has 0 aliphatic rings. The molecule has 0 aliphatic heterocycles. The molecular formula is C31H25ClF3IN6O13S. The number of ether oxygens (including phenoxy) is 4. The summed E-state index contributed by atoms with van der Waals surface area (Å²) in [4.78, 5) is 67.8. The molecule has 0 aliphatic carbocycles. The molecule has 3 aromatic carbocycles. The van der Waals surface area contributed by atoms with Crippen LogP contribution in [0.3, 0.4) is 0 Å². The summed E-state index contributed by atoms with van der Waals surface area (Å²) in [5, 5.41) is 22.1. The number of aryl methyl sites for hydroxylation is 1. The first-order valence-electron chi connectivity index (χ1n) is 14.9. The number of urea groups is 1. The van der Waals surface area contributed by atoms with Crippen molar-refractivity contribution >= 4 is 79.8 Å². The number of nitro benzene ring substituents is 1. The molecule has 4 aromatic rings. The fourth-order valence-electron chi connectivity index (χ4n) is 4.00. The number of carbonyl (C=O) groups excluding carboxylic acids is 3. The molecule has 0 bridgehead atoms. The minimum Gasteiger partial charge on any atom is -0.478 e. The Morgan fingerprint density at radius 1 is 1.00 bits per heavy atom. The molecule has 1 aromatic heterocycles. The molecule has 56 heavy (non-hydrogen) atoms. The van der Waals surface area contributed by atoms with Gasteiger partial charge in [-0.1, -0.05) is 11.6 Å². The number of aromatic nitrogens is 3. The highest BCUT2D eigenvalue weighted by atomic mass is 127. The number of anilines is 1. The van der Waals surface area contributed by atoms with Crippen molar-refractivity contribution in [2.45, 2.75) is 24.9 Å². The quantitative estimate of drug-likeness (QED) is 0.0657. The van der Waals surface area contributed by atoms with Gasteiger partial charge in [0.15, 0.2) is 6.61 Å². The molecule has 0 radical (unpaired) electrons. The third-order valence-electron chi connectivity index (χ3n) is 6.32. The van der Waals surface area contributed by atoms with Crippen molar-refractivity contribution in [1.82, 2.24) is 19.7 Å². The lowest BCUT2D eigenvalue weighted by Gasteiger charge is -2.12. The zero-order chi connectivity index (χ0) is 42.0. The number of carbonyl (C=O) groups is 4. The Balaban J connectivity index is 0.000000303. The second kappa shape index (κ2) is 19.1. The third kappa shape index (κ3) is 12.6. The van der Waals surface area contributed by atoms with Crippen LogP contribution in [0.2, 0.25) is 5.02 Å². The van der Waals surface area contributed by atoms with E-state index >= 15 is 0 Å². The molecule has 0 saturated carbocycles. The van der Waals surface area contributed by atoms with Gasteiger partial charge in [-0.05, 0) is 78.9 Å². The maximum absolute atomic E-state index is 12.7. The SMILES string of the molecule is CCOC(=O)COC(=O)c1cc(Oc2ccc(C(F)(F)F)cc2Cl)ccc1[N+](=O)[O-].COc1nc(C)nc(NC(=O)NS(=O)(=O)c2cc(I)ccc2C(=O)O)n1. The van der Waals surface area contributed by atoms with Gasteiger partial charge < -0.3 is 24.1 Å². The first-order chi connectivity index (χ1) is 26.1. The Kier molecular flexibility index (Phi) is 15.2. The van der Waals surface area contributed by atoms with Crippen molar-refractivity contribution in [1.29, 1.82) is 0 Å². The minimum absolute atomic E-state index is 0.0493. The zero-order valence-electron chi connectivity index (χ0n) is 28.5. The number of nitro groups is 1. The third-order valence-corrected chi connectivity index (χ3v) is 8.66. The largest absolute Gasteiger partial charge is 0.478 e. The number of aromatic carboxylic acids is 1. The average molecular weight is 941 g/mol. The lowest BCUT2D eigenvalue weighted by atomic mass is 10.1. The number of halogens is 5. The van der Waals surface area contributed by atoms with Gasteiger partial charge in [0.25, 0.3) is 15.7 Å². The van der Waals surface area contributed by atoms with E-state index in [0.717, 1.165) is 42.5 Å². The number of methoxy groups -OCH3 is 1. The number of amides is 2. The number of benzene rings is 3. The van der Waals surface area contributed by atoms with Crippen molar-refractivity contribution in [2.75, 3.05) is 25.6 Å². The summed E-state index contributed by atoms with van der Waals surface area (Å²) in [6, 6.07) is 7.82. The summed E-state index contributed by atoms with van der Waals surface area (Å²) in [5.74, 6) is -3.80. The Labute approximate surface area is 331 Å². The van der Waals surface area contributed by atoms with Gasteiger partial charge in [0, 0.05) is 15.7 Å². The van der Waals surface area contributed by atoms with Crippen LogP contribution in [0, 0.1) is 20.6 Å². The number of nitrogens with zero attached hydrogens (tertiary/aromatic N) is 4. The number of nitrogens with one attached hydrogen (secondary N) is 2. The molecule has 0 spiro atoms. The predicted molar refractivity (Wildman–Crippen MR) is 193 cm³/mol. The molecule has 19 nitrogen and oxygen atoms in total. The van der Waals surface area contributed by atoms with Crippen molar-refractivity contribution < 1.29 is 69.7 Å². The molecule has 25 heteroatoms. The molecule has 4 rings (SSSR count). The maximum atomic E-state index is 12.7. The van der Waals surface area contributed by atoms with Gasteiger partial charge in [0.1, 0.15) is 27.8 Å². The normalized spacial score (nSPS) is 10.9. The molecule has 2 amide bonds. The maximum Gasteiger partial charge on any atom is 0.416 e. The van der Waals surface area contributed by atoms with Crippen LogP contribution in [-0.2, 0) is 30.5 Å². The van der Waals surface area contributed by atoms with Crippen LogP contribution in [0.25, 0.3) is 0 Å². The van der Waals surface area contributed by atoms with Gasteiger partial charge in [-0.3, -0.25) is 15.4 Å². The first-order valence-corrected chi connectivity index (χ1v) is 17.9. The van der Waals surface area contributed by atoms with E-state index in [1.54, 1.807) is 4.72 Å². The molecular weight excluding hydrogens is 916 g/mol. The Hall–Kier alpha value is -5.89. The van der Waals surface area contributed by atoms with E-state index in [1.807, 2.05) is 22.6 Å². The summed E-state index contributed by atoms with van der Waals surface area (Å²) in [7, 11) is -3.14. The van der Waals surface area contributed by atoms with Crippen LogP contribution >= 0.6 is 34.2 Å². The van der Waals surface area contributed by atoms with Gasteiger partial charge in [0.05, 0.1) is 34.8 Å². The number of sulfonamides is 1. The highest BCUT2D eigenvalue weighted by Crippen LogP contribution is 2.37. The van der Waals surface area contributed by atoms with Gasteiger partial charge in [-0.25, -0.2) is 32.3 Å². The van der Waals surface area contributed by atoms with Crippen LogP contribution < -0.4 is 19.5 Å². The van der Waals surface area contributed by atoms with Crippen LogP contribution in [0.4, 0.5) is 29.6 Å². The Bertz CT molecular complexity index is 2280. The van der Waals surface area contributed by atoms with E-state index in [9.17, 15) is 50.9 Å². The van der Waals surface area contributed by atoms with Gasteiger partial charge >= 0.3 is 36.1 Å². The number of hydrogen-bond donors (Lipinski definition) is 3. The summed E-state index contributed by atoms with van der Waals surface area (Å²) in [6.45, 7) is 2.35. The Morgan fingerprint density at radius 3 is 2.29 bits per heavy atom. The first kappa shape index (κ1) is 44.5. The van der Waals surface area contributed by atoms with Crippen molar-refractivity contribution in [3.05, 3.63) is 95.8 Å². The number of rotatable bonds is 12. The van der Waals surface area contributed by atoms with Crippen LogP contribution in [0.5, 0.6) is 17.5 Å². The van der Waals surface area contributed by atoms with Crippen LogP contribution in [0.1, 0.15) is 39.0 Å². The molecule has 0 unspecified atom stereocenters. The van der Waals surface area contributed by atoms with E-state index in [4.69, 9.17) is 30.9 Å². The number of carboxylic acids is 1. The van der Waals surface area contributed by atoms with Gasteiger partial charge in [-0.2, -0.15) is 28.1 Å². The second-order valence-electron chi connectivity index (χ2n) is 10.3. The number of alkyl halides is 3. The lowest BCUT2D eigenvalue weighted by Crippen LogP contribution is -2.35. The fraction of sp³-hybridized carbons (Fsp3) is 0.194. The topological polar surface area (TPSA) is 265 Å². The summed E-state index contributed by atoms with van der Waals surface area (Å²) >= 11 is 7.63. The number of esters is 2. The number of carboxylic acid groups (broad SMARTS) is 1.